The second kappa shape index (κ2) is 4.64. The molecule has 0 bridgehead atoms. The van der Waals surface area contributed by atoms with Crippen molar-refractivity contribution in [2.24, 2.45) is 0 Å². The zero-order valence-corrected chi connectivity index (χ0v) is 8.63. The molecule has 2 heterocycles. The molecule has 2 fully saturated rings. The predicted molar refractivity (Wildman–Crippen MR) is 54.1 cm³/mol. The number of ether oxygens (including phenoxy) is 1. The van der Waals surface area contributed by atoms with E-state index in [1.807, 2.05) is 11.8 Å². The van der Waals surface area contributed by atoms with Crippen LogP contribution in [0.25, 0.3) is 0 Å². The third-order valence-corrected chi connectivity index (χ3v) is 3.94. The number of morpholine rings is 1. The molecule has 0 aromatic rings. The lowest BCUT2D eigenvalue weighted by atomic mass is 10.2. The minimum atomic E-state index is 0.0550. The molecule has 2 aliphatic rings. The van der Waals surface area contributed by atoms with E-state index in [0.717, 1.165) is 25.7 Å². The summed E-state index contributed by atoms with van der Waals surface area (Å²) in [5, 5.41) is 8.99. The molecule has 0 amide bonds. The molecule has 0 spiro atoms. The van der Waals surface area contributed by atoms with E-state index in [4.69, 9.17) is 9.84 Å². The van der Waals surface area contributed by atoms with Crippen molar-refractivity contribution in [1.82, 2.24) is 4.90 Å². The Labute approximate surface area is 83.4 Å². The highest BCUT2D eigenvalue weighted by Gasteiger charge is 2.27. The van der Waals surface area contributed by atoms with E-state index in [-0.39, 0.29) is 12.7 Å². The van der Waals surface area contributed by atoms with Gasteiger partial charge in [-0.2, -0.15) is 11.8 Å². The van der Waals surface area contributed by atoms with E-state index >= 15 is 0 Å². The van der Waals surface area contributed by atoms with Gasteiger partial charge in [-0.15, -0.1) is 0 Å². The zero-order valence-electron chi connectivity index (χ0n) is 7.82. The monoisotopic (exact) mass is 203 g/mol. The number of aliphatic hydroxyl groups excluding tert-OH is 1. The van der Waals surface area contributed by atoms with Crippen molar-refractivity contribution in [3.05, 3.63) is 0 Å². The first-order chi connectivity index (χ1) is 6.40. The Morgan fingerprint density at radius 2 is 2.46 bits per heavy atom. The van der Waals surface area contributed by atoms with Crippen LogP contribution in [0.15, 0.2) is 0 Å². The molecular formula is C9H17NO2S. The van der Waals surface area contributed by atoms with E-state index in [1.165, 1.54) is 17.9 Å². The lowest BCUT2D eigenvalue weighted by Gasteiger charge is -2.35. The van der Waals surface area contributed by atoms with Gasteiger partial charge in [-0.25, -0.2) is 0 Å². The fourth-order valence-corrected chi connectivity index (χ4v) is 3.25. The lowest BCUT2D eigenvalue weighted by molar-refractivity contribution is -0.0619. The van der Waals surface area contributed by atoms with Crippen LogP contribution in [-0.2, 0) is 4.74 Å². The van der Waals surface area contributed by atoms with Gasteiger partial charge in [0.1, 0.15) is 0 Å². The average molecular weight is 203 g/mol. The Morgan fingerprint density at radius 1 is 1.54 bits per heavy atom. The highest BCUT2D eigenvalue weighted by atomic mass is 32.2. The summed E-state index contributed by atoms with van der Waals surface area (Å²) in [7, 11) is 0. The van der Waals surface area contributed by atoms with Crippen molar-refractivity contribution in [1.29, 1.82) is 0 Å². The molecule has 13 heavy (non-hydrogen) atoms. The van der Waals surface area contributed by atoms with Crippen molar-refractivity contribution in [3.63, 3.8) is 0 Å². The number of rotatable bonds is 2. The number of nitrogens with zero attached hydrogens (tertiary/aromatic N) is 1. The van der Waals surface area contributed by atoms with E-state index in [0.29, 0.717) is 0 Å². The number of thioether (sulfide) groups is 1. The Kier molecular flexibility index (Phi) is 3.49. The van der Waals surface area contributed by atoms with Crippen LogP contribution in [-0.4, -0.2) is 60.0 Å². The first kappa shape index (κ1) is 9.77. The van der Waals surface area contributed by atoms with Crippen molar-refractivity contribution in [2.45, 2.75) is 18.6 Å². The van der Waals surface area contributed by atoms with E-state index < -0.39 is 0 Å². The Morgan fingerprint density at radius 3 is 3.15 bits per heavy atom. The summed E-state index contributed by atoms with van der Waals surface area (Å²) < 4.78 is 5.42. The van der Waals surface area contributed by atoms with Gasteiger partial charge >= 0.3 is 0 Å². The standard InChI is InChI=1S/C9H17NO2S/c11-6-9-5-10(2-3-12-9)8-1-4-13-7-8/h8-9,11H,1-7H2. The first-order valence-electron chi connectivity index (χ1n) is 4.94. The van der Waals surface area contributed by atoms with Crippen LogP contribution >= 0.6 is 11.8 Å². The zero-order chi connectivity index (χ0) is 9.10. The molecule has 3 nitrogen and oxygen atoms in total. The van der Waals surface area contributed by atoms with Gasteiger partial charge in [0.2, 0.25) is 0 Å². The fraction of sp³-hybridized carbons (Fsp3) is 1.00. The fourth-order valence-electron chi connectivity index (χ4n) is 1.99. The average Bonchev–Trinajstić information content (AvgIpc) is 2.71. The first-order valence-corrected chi connectivity index (χ1v) is 6.10. The van der Waals surface area contributed by atoms with Crippen LogP contribution in [0.3, 0.4) is 0 Å². The van der Waals surface area contributed by atoms with Crippen molar-refractivity contribution < 1.29 is 9.84 Å². The highest BCUT2D eigenvalue weighted by Crippen LogP contribution is 2.23. The molecule has 2 saturated heterocycles. The van der Waals surface area contributed by atoms with Crippen molar-refractivity contribution in [3.8, 4) is 0 Å². The molecule has 0 aromatic heterocycles. The smallest absolute Gasteiger partial charge is 0.0932 e. The van der Waals surface area contributed by atoms with Crippen LogP contribution < -0.4 is 0 Å². The van der Waals surface area contributed by atoms with Gasteiger partial charge in [0, 0.05) is 24.9 Å². The molecule has 0 aromatic carbocycles. The second-order valence-electron chi connectivity index (χ2n) is 3.69. The largest absolute Gasteiger partial charge is 0.394 e. The molecule has 76 valence electrons. The number of aliphatic hydroxyl groups is 1. The molecule has 2 rings (SSSR count). The minimum Gasteiger partial charge on any atom is -0.394 e. The van der Waals surface area contributed by atoms with Gasteiger partial charge in [0.05, 0.1) is 19.3 Å². The summed E-state index contributed by atoms with van der Waals surface area (Å²) in [6.45, 7) is 2.91. The summed E-state index contributed by atoms with van der Waals surface area (Å²) in [6, 6.07) is 0.739. The van der Waals surface area contributed by atoms with Gasteiger partial charge in [-0.3, -0.25) is 4.90 Å². The van der Waals surface area contributed by atoms with Gasteiger partial charge in [-0.1, -0.05) is 0 Å². The Hall–Kier alpha value is 0.230. The summed E-state index contributed by atoms with van der Waals surface area (Å²) in [5.41, 5.74) is 0. The van der Waals surface area contributed by atoms with E-state index in [1.54, 1.807) is 0 Å². The van der Waals surface area contributed by atoms with E-state index in [2.05, 4.69) is 4.90 Å². The van der Waals surface area contributed by atoms with Crippen molar-refractivity contribution >= 4 is 11.8 Å². The molecule has 0 saturated carbocycles. The molecule has 2 unspecified atom stereocenters. The van der Waals surface area contributed by atoms with Gasteiger partial charge < -0.3 is 9.84 Å². The van der Waals surface area contributed by atoms with Crippen LogP contribution in [0.2, 0.25) is 0 Å². The molecule has 0 aliphatic carbocycles. The Balaban J connectivity index is 1.84. The SMILES string of the molecule is OCC1CN(C2CCSC2)CCO1. The molecule has 4 heteroatoms. The molecular weight excluding hydrogens is 186 g/mol. The molecule has 2 aliphatic heterocycles. The summed E-state index contributed by atoms with van der Waals surface area (Å²) in [4.78, 5) is 2.48. The van der Waals surface area contributed by atoms with Gasteiger partial charge in [0.15, 0.2) is 0 Å². The van der Waals surface area contributed by atoms with Gasteiger partial charge in [0.25, 0.3) is 0 Å². The van der Waals surface area contributed by atoms with Gasteiger partial charge in [-0.05, 0) is 12.2 Å². The molecule has 2 atom stereocenters. The molecule has 1 N–H and O–H groups in total. The molecule has 0 radical (unpaired) electrons. The number of hydrogen-bond donors (Lipinski definition) is 1. The third-order valence-electron chi connectivity index (χ3n) is 2.80. The lowest BCUT2D eigenvalue weighted by Crippen LogP contribution is -2.48. The summed E-state index contributed by atoms with van der Waals surface area (Å²) in [5.74, 6) is 2.56. The van der Waals surface area contributed by atoms with Crippen molar-refractivity contribution in [2.75, 3.05) is 37.8 Å². The van der Waals surface area contributed by atoms with Crippen LogP contribution in [0.4, 0.5) is 0 Å². The summed E-state index contributed by atoms with van der Waals surface area (Å²) >= 11 is 2.04. The second-order valence-corrected chi connectivity index (χ2v) is 4.84. The third kappa shape index (κ3) is 2.37. The van der Waals surface area contributed by atoms with E-state index in [9.17, 15) is 0 Å². The summed E-state index contributed by atoms with van der Waals surface area (Å²) in [6.07, 6.45) is 1.36. The van der Waals surface area contributed by atoms with Crippen LogP contribution in [0.5, 0.6) is 0 Å². The maximum atomic E-state index is 8.99. The quantitative estimate of drug-likeness (QED) is 0.694. The maximum absolute atomic E-state index is 8.99. The minimum absolute atomic E-state index is 0.0550. The van der Waals surface area contributed by atoms with Crippen LogP contribution in [0, 0.1) is 0 Å². The normalized spacial score (nSPS) is 36.7. The van der Waals surface area contributed by atoms with Crippen LogP contribution in [0.1, 0.15) is 6.42 Å². The number of hydrogen-bond acceptors (Lipinski definition) is 4. The maximum Gasteiger partial charge on any atom is 0.0932 e. The predicted octanol–water partition coefficient (Wildman–Crippen LogP) is 0.185. The highest BCUT2D eigenvalue weighted by molar-refractivity contribution is 7.99. The topological polar surface area (TPSA) is 32.7 Å². The Bertz CT molecular complexity index is 162.